The maximum atomic E-state index is 12.0. The van der Waals surface area contributed by atoms with Crippen LogP contribution < -0.4 is 10.6 Å². The van der Waals surface area contributed by atoms with Crippen LogP contribution in [0.25, 0.3) is 0 Å². The van der Waals surface area contributed by atoms with Gasteiger partial charge >= 0.3 is 6.03 Å². The number of aliphatic hydroxyl groups excluding tert-OH is 1. The van der Waals surface area contributed by atoms with Crippen LogP contribution in [0.3, 0.4) is 0 Å². The van der Waals surface area contributed by atoms with Gasteiger partial charge in [0.05, 0.1) is 6.10 Å². The Bertz CT molecular complexity index is 466. The number of carbonyl (C=O) groups excluding carboxylic acids is 1. The summed E-state index contributed by atoms with van der Waals surface area (Å²) in [4.78, 5) is 12.0. The quantitative estimate of drug-likeness (QED) is 0.794. The number of aliphatic hydroxyl groups is 1. The van der Waals surface area contributed by atoms with Crippen LogP contribution in [0.1, 0.15) is 43.7 Å². The second-order valence-corrected chi connectivity index (χ2v) is 5.60. The minimum Gasteiger partial charge on any atom is -0.393 e. The normalized spacial score (nSPS) is 22.4. The average Bonchev–Trinajstić information content (AvgIpc) is 2.43. The van der Waals surface area contributed by atoms with Gasteiger partial charge in [0, 0.05) is 11.7 Å². The third kappa shape index (κ3) is 3.97. The molecule has 2 rings (SSSR count). The van der Waals surface area contributed by atoms with Crippen LogP contribution in [-0.2, 0) is 6.42 Å². The smallest absolute Gasteiger partial charge is 0.319 e. The summed E-state index contributed by atoms with van der Waals surface area (Å²) in [6, 6.07) is 6.01. The number of benzene rings is 1. The SMILES string of the molecule is CCc1cc(NC(=O)NC2CCC(O)CC2)ccc1C. The fourth-order valence-corrected chi connectivity index (χ4v) is 2.70. The highest BCUT2D eigenvalue weighted by Gasteiger charge is 2.20. The van der Waals surface area contributed by atoms with Crippen molar-refractivity contribution >= 4 is 11.7 Å². The number of urea groups is 1. The molecule has 1 fully saturated rings. The summed E-state index contributed by atoms with van der Waals surface area (Å²) in [7, 11) is 0. The molecule has 4 nitrogen and oxygen atoms in total. The number of hydrogen-bond donors (Lipinski definition) is 3. The molecule has 0 bridgehead atoms. The molecule has 2 amide bonds. The molecule has 4 heteroatoms. The van der Waals surface area contributed by atoms with Crippen LogP contribution in [0.4, 0.5) is 10.5 Å². The standard InChI is InChI=1S/C16H24N2O2/c1-3-12-10-14(5-4-11(12)2)18-16(20)17-13-6-8-15(19)9-7-13/h4-5,10,13,15,19H,3,6-9H2,1-2H3,(H2,17,18,20). The van der Waals surface area contributed by atoms with Gasteiger partial charge in [0.15, 0.2) is 0 Å². The molecule has 0 unspecified atom stereocenters. The van der Waals surface area contributed by atoms with E-state index in [0.717, 1.165) is 37.8 Å². The highest BCUT2D eigenvalue weighted by molar-refractivity contribution is 5.89. The first kappa shape index (κ1) is 14.9. The van der Waals surface area contributed by atoms with Crippen molar-refractivity contribution in [2.75, 3.05) is 5.32 Å². The van der Waals surface area contributed by atoms with E-state index in [4.69, 9.17) is 0 Å². The predicted molar refractivity (Wildman–Crippen MR) is 81.0 cm³/mol. The van der Waals surface area contributed by atoms with Crippen molar-refractivity contribution in [3.63, 3.8) is 0 Å². The molecule has 3 N–H and O–H groups in total. The van der Waals surface area contributed by atoms with Crippen LogP contribution in [0.15, 0.2) is 18.2 Å². The lowest BCUT2D eigenvalue weighted by atomic mass is 9.93. The molecule has 0 saturated heterocycles. The highest BCUT2D eigenvalue weighted by Crippen LogP contribution is 2.19. The van der Waals surface area contributed by atoms with Gasteiger partial charge in [0.2, 0.25) is 0 Å². The summed E-state index contributed by atoms with van der Waals surface area (Å²) in [5, 5.41) is 15.3. The second kappa shape index (κ2) is 6.75. The van der Waals surface area contributed by atoms with Gasteiger partial charge in [-0.1, -0.05) is 13.0 Å². The third-order valence-corrected chi connectivity index (χ3v) is 4.02. The van der Waals surface area contributed by atoms with Gasteiger partial charge in [-0.15, -0.1) is 0 Å². The zero-order valence-electron chi connectivity index (χ0n) is 12.3. The molecule has 0 aliphatic heterocycles. The van der Waals surface area contributed by atoms with E-state index in [1.54, 1.807) is 0 Å². The summed E-state index contributed by atoms with van der Waals surface area (Å²) in [6.07, 6.45) is 4.01. The van der Waals surface area contributed by atoms with E-state index in [1.807, 2.05) is 18.2 Å². The number of carbonyl (C=O) groups is 1. The maximum Gasteiger partial charge on any atom is 0.319 e. The average molecular weight is 276 g/mol. The van der Waals surface area contributed by atoms with Crippen LogP contribution in [0, 0.1) is 6.92 Å². The van der Waals surface area contributed by atoms with Crippen molar-refractivity contribution < 1.29 is 9.90 Å². The summed E-state index contributed by atoms with van der Waals surface area (Å²) in [6.45, 7) is 4.19. The summed E-state index contributed by atoms with van der Waals surface area (Å²) in [5.41, 5.74) is 3.34. The maximum absolute atomic E-state index is 12.0. The molecule has 1 aliphatic rings. The van der Waals surface area contributed by atoms with Gasteiger partial charge in [-0.3, -0.25) is 0 Å². The molecule has 0 spiro atoms. The monoisotopic (exact) mass is 276 g/mol. The van der Waals surface area contributed by atoms with E-state index >= 15 is 0 Å². The van der Waals surface area contributed by atoms with E-state index in [-0.39, 0.29) is 18.2 Å². The van der Waals surface area contributed by atoms with Gasteiger partial charge in [0.1, 0.15) is 0 Å². The van der Waals surface area contributed by atoms with Gasteiger partial charge in [-0.25, -0.2) is 4.79 Å². The van der Waals surface area contributed by atoms with Crippen molar-refractivity contribution in [3.05, 3.63) is 29.3 Å². The van der Waals surface area contributed by atoms with Gasteiger partial charge in [-0.05, 0) is 62.3 Å². The number of rotatable bonds is 3. The first-order valence-electron chi connectivity index (χ1n) is 7.43. The van der Waals surface area contributed by atoms with Gasteiger partial charge < -0.3 is 15.7 Å². The van der Waals surface area contributed by atoms with Crippen LogP contribution in [0.2, 0.25) is 0 Å². The van der Waals surface area contributed by atoms with E-state index < -0.39 is 0 Å². The fourth-order valence-electron chi connectivity index (χ4n) is 2.70. The lowest BCUT2D eigenvalue weighted by Gasteiger charge is -2.26. The largest absolute Gasteiger partial charge is 0.393 e. The Morgan fingerprint density at radius 2 is 2.00 bits per heavy atom. The molecule has 0 atom stereocenters. The third-order valence-electron chi connectivity index (χ3n) is 4.02. The summed E-state index contributed by atoms with van der Waals surface area (Å²) in [5.74, 6) is 0. The Morgan fingerprint density at radius 1 is 1.30 bits per heavy atom. The minimum absolute atomic E-state index is 0.155. The lowest BCUT2D eigenvalue weighted by Crippen LogP contribution is -2.40. The Balaban J connectivity index is 1.88. The zero-order chi connectivity index (χ0) is 14.5. The Morgan fingerprint density at radius 3 is 2.65 bits per heavy atom. The predicted octanol–water partition coefficient (Wildman–Crippen LogP) is 2.98. The first-order valence-corrected chi connectivity index (χ1v) is 7.43. The molecule has 110 valence electrons. The first-order chi connectivity index (χ1) is 9.58. The number of hydrogen-bond acceptors (Lipinski definition) is 2. The van der Waals surface area contributed by atoms with Crippen molar-refractivity contribution in [1.82, 2.24) is 5.32 Å². The van der Waals surface area contributed by atoms with Crippen molar-refractivity contribution in [1.29, 1.82) is 0 Å². The molecular formula is C16H24N2O2. The van der Waals surface area contributed by atoms with Crippen LogP contribution >= 0.6 is 0 Å². The summed E-state index contributed by atoms with van der Waals surface area (Å²) < 4.78 is 0. The van der Waals surface area contributed by atoms with Crippen molar-refractivity contribution in [2.24, 2.45) is 0 Å². The molecule has 0 radical (unpaired) electrons. The number of amides is 2. The highest BCUT2D eigenvalue weighted by atomic mass is 16.3. The van der Waals surface area contributed by atoms with Crippen LogP contribution in [-0.4, -0.2) is 23.3 Å². The molecule has 1 aromatic rings. The van der Waals surface area contributed by atoms with E-state index in [0.29, 0.717) is 0 Å². The minimum atomic E-state index is -0.194. The Hall–Kier alpha value is -1.55. The fraction of sp³-hybridized carbons (Fsp3) is 0.562. The Kier molecular flexibility index (Phi) is 5.01. The second-order valence-electron chi connectivity index (χ2n) is 5.60. The van der Waals surface area contributed by atoms with Crippen molar-refractivity contribution in [2.45, 2.75) is 58.1 Å². The zero-order valence-corrected chi connectivity index (χ0v) is 12.3. The number of anilines is 1. The van der Waals surface area contributed by atoms with Crippen LogP contribution in [0.5, 0.6) is 0 Å². The molecular weight excluding hydrogens is 252 g/mol. The molecule has 0 heterocycles. The van der Waals surface area contributed by atoms with E-state index in [9.17, 15) is 9.90 Å². The molecule has 1 aromatic carbocycles. The molecule has 1 saturated carbocycles. The van der Waals surface area contributed by atoms with Gasteiger partial charge in [-0.2, -0.15) is 0 Å². The van der Waals surface area contributed by atoms with Crippen molar-refractivity contribution in [3.8, 4) is 0 Å². The van der Waals surface area contributed by atoms with E-state index in [2.05, 4.69) is 24.5 Å². The van der Waals surface area contributed by atoms with Gasteiger partial charge in [0.25, 0.3) is 0 Å². The lowest BCUT2D eigenvalue weighted by molar-refractivity contribution is 0.118. The molecule has 0 aromatic heterocycles. The molecule has 1 aliphatic carbocycles. The van der Waals surface area contributed by atoms with E-state index in [1.165, 1.54) is 11.1 Å². The molecule has 20 heavy (non-hydrogen) atoms. The number of aryl methyl sites for hydroxylation is 2. The number of nitrogens with one attached hydrogen (secondary N) is 2. The Labute approximate surface area is 120 Å². The summed E-state index contributed by atoms with van der Waals surface area (Å²) >= 11 is 0. The topological polar surface area (TPSA) is 61.4 Å².